The van der Waals surface area contributed by atoms with Gasteiger partial charge in [-0.1, -0.05) is 25.8 Å². The summed E-state index contributed by atoms with van der Waals surface area (Å²) < 4.78 is 1.97. The van der Waals surface area contributed by atoms with E-state index in [1.165, 1.54) is 25.3 Å². The first-order valence-electron chi connectivity index (χ1n) is 8.94. The molecule has 0 unspecified atom stereocenters. The molecule has 6 nitrogen and oxygen atoms in total. The first-order chi connectivity index (χ1) is 11.7. The minimum atomic E-state index is -0.184. The Balaban J connectivity index is 1.62. The van der Waals surface area contributed by atoms with Gasteiger partial charge < -0.3 is 10.2 Å². The van der Waals surface area contributed by atoms with E-state index in [2.05, 4.69) is 17.0 Å². The molecule has 1 aromatic rings. The Kier molecular flexibility index (Phi) is 5.33. The van der Waals surface area contributed by atoms with Gasteiger partial charge in [-0.05, 0) is 37.8 Å². The molecular weight excluding hydrogens is 304 g/mol. The third kappa shape index (κ3) is 3.86. The maximum Gasteiger partial charge on any atom is 0.274 e. The van der Waals surface area contributed by atoms with E-state index < -0.39 is 0 Å². The number of likely N-dealkylation sites (tertiary alicyclic amines) is 1. The number of nitrogens with zero attached hydrogens (tertiary/aromatic N) is 3. The maximum atomic E-state index is 12.7. The van der Waals surface area contributed by atoms with Crippen LogP contribution in [0.5, 0.6) is 0 Å². The molecule has 0 bridgehead atoms. The molecule has 2 aliphatic rings. The van der Waals surface area contributed by atoms with Crippen molar-refractivity contribution in [2.45, 2.75) is 57.0 Å². The average Bonchev–Trinajstić information content (AvgIpc) is 3.12. The summed E-state index contributed by atoms with van der Waals surface area (Å²) in [7, 11) is 0. The molecule has 1 N–H and O–H groups in total. The van der Waals surface area contributed by atoms with E-state index in [0.717, 1.165) is 32.2 Å². The zero-order valence-corrected chi connectivity index (χ0v) is 14.1. The fraction of sp³-hybridized carbons (Fsp3) is 0.611. The van der Waals surface area contributed by atoms with E-state index in [4.69, 9.17) is 0 Å². The van der Waals surface area contributed by atoms with Crippen molar-refractivity contribution < 1.29 is 9.59 Å². The van der Waals surface area contributed by atoms with E-state index in [0.29, 0.717) is 18.3 Å². The van der Waals surface area contributed by atoms with Crippen molar-refractivity contribution in [3.8, 4) is 0 Å². The predicted molar refractivity (Wildman–Crippen MR) is 91.6 cm³/mol. The number of carbonyl (C=O) groups is 2. The van der Waals surface area contributed by atoms with E-state index in [1.54, 1.807) is 4.90 Å². The molecule has 1 aliphatic heterocycles. The molecule has 2 amide bonds. The van der Waals surface area contributed by atoms with Crippen molar-refractivity contribution in [3.05, 3.63) is 30.6 Å². The minimum Gasteiger partial charge on any atom is -0.348 e. The van der Waals surface area contributed by atoms with Crippen LogP contribution in [-0.4, -0.2) is 45.6 Å². The van der Waals surface area contributed by atoms with E-state index in [9.17, 15) is 9.59 Å². The van der Waals surface area contributed by atoms with Crippen LogP contribution in [0.4, 0.5) is 0 Å². The molecule has 130 valence electrons. The van der Waals surface area contributed by atoms with Crippen LogP contribution in [0.25, 0.3) is 0 Å². The average molecular weight is 330 g/mol. The fourth-order valence-corrected chi connectivity index (χ4v) is 3.70. The van der Waals surface area contributed by atoms with Gasteiger partial charge in [-0.3, -0.25) is 14.3 Å². The number of piperidine rings is 1. The van der Waals surface area contributed by atoms with Crippen LogP contribution in [0.15, 0.2) is 24.9 Å². The van der Waals surface area contributed by atoms with E-state index in [1.807, 2.05) is 16.9 Å². The Morgan fingerprint density at radius 2 is 2.00 bits per heavy atom. The van der Waals surface area contributed by atoms with Crippen molar-refractivity contribution in [1.82, 2.24) is 20.0 Å². The van der Waals surface area contributed by atoms with E-state index >= 15 is 0 Å². The zero-order chi connectivity index (χ0) is 16.9. The van der Waals surface area contributed by atoms with Gasteiger partial charge in [0.15, 0.2) is 0 Å². The number of rotatable bonds is 4. The first-order valence-corrected chi connectivity index (χ1v) is 8.94. The third-order valence-corrected chi connectivity index (χ3v) is 5.02. The van der Waals surface area contributed by atoms with Gasteiger partial charge in [-0.25, -0.2) is 0 Å². The van der Waals surface area contributed by atoms with Crippen molar-refractivity contribution in [3.63, 3.8) is 0 Å². The molecule has 24 heavy (non-hydrogen) atoms. The summed E-state index contributed by atoms with van der Waals surface area (Å²) in [5.74, 6) is -0.224. The molecule has 1 atom stereocenters. The Hall–Kier alpha value is -2.11. The molecule has 0 aromatic carbocycles. The molecule has 6 heteroatoms. The lowest BCUT2D eigenvalue weighted by Crippen LogP contribution is -2.49. The predicted octanol–water partition coefficient (Wildman–Crippen LogP) is 2.30. The van der Waals surface area contributed by atoms with Gasteiger partial charge in [0.05, 0.1) is 6.04 Å². The second kappa shape index (κ2) is 7.64. The van der Waals surface area contributed by atoms with Crippen LogP contribution in [0.1, 0.15) is 61.5 Å². The minimum absolute atomic E-state index is 0.00590. The molecular formula is C18H26N4O2. The summed E-state index contributed by atoms with van der Waals surface area (Å²) >= 11 is 0. The van der Waals surface area contributed by atoms with Crippen molar-refractivity contribution >= 4 is 11.8 Å². The van der Waals surface area contributed by atoms with Crippen LogP contribution >= 0.6 is 0 Å². The summed E-state index contributed by atoms with van der Waals surface area (Å²) in [6, 6.07) is 2.25. The Labute approximate surface area is 142 Å². The molecule has 2 heterocycles. The standard InChI is InChI=1S/C18H26N4O2/c1-2-17(23)19-14-7-6-11-21(13-14)18(24)16-10-12-22(20-16)15-8-4-3-5-9-15/h2,10,12,14-15H,1,3-9,11,13H2,(H,19,23)/t14-/m1/s1. The largest absolute Gasteiger partial charge is 0.348 e. The van der Waals surface area contributed by atoms with Crippen LogP contribution in [0, 0.1) is 0 Å². The lowest BCUT2D eigenvalue weighted by molar-refractivity contribution is -0.117. The maximum absolute atomic E-state index is 12.7. The zero-order valence-electron chi connectivity index (χ0n) is 14.1. The first kappa shape index (κ1) is 16.7. The molecule has 0 spiro atoms. The number of carbonyl (C=O) groups excluding carboxylic acids is 2. The summed E-state index contributed by atoms with van der Waals surface area (Å²) in [5.41, 5.74) is 0.510. The second-order valence-corrected chi connectivity index (χ2v) is 6.78. The Morgan fingerprint density at radius 1 is 1.21 bits per heavy atom. The monoisotopic (exact) mass is 330 g/mol. The summed E-state index contributed by atoms with van der Waals surface area (Å²) in [6.07, 6.45) is 11.1. The summed E-state index contributed by atoms with van der Waals surface area (Å²) in [5, 5.41) is 7.42. The highest BCUT2D eigenvalue weighted by Crippen LogP contribution is 2.27. The number of nitrogens with one attached hydrogen (secondary N) is 1. The molecule has 3 rings (SSSR count). The van der Waals surface area contributed by atoms with Crippen LogP contribution in [0.2, 0.25) is 0 Å². The third-order valence-electron chi connectivity index (χ3n) is 5.02. The molecule has 1 aliphatic carbocycles. The lowest BCUT2D eigenvalue weighted by Gasteiger charge is -2.32. The highest BCUT2D eigenvalue weighted by Gasteiger charge is 2.27. The van der Waals surface area contributed by atoms with Gasteiger partial charge in [0, 0.05) is 25.3 Å². The normalized spacial score (nSPS) is 22.2. The lowest BCUT2D eigenvalue weighted by atomic mass is 9.96. The van der Waals surface area contributed by atoms with Crippen molar-refractivity contribution in [2.75, 3.05) is 13.1 Å². The quantitative estimate of drug-likeness (QED) is 0.861. The van der Waals surface area contributed by atoms with Gasteiger partial charge in [0.1, 0.15) is 5.69 Å². The fourth-order valence-electron chi connectivity index (χ4n) is 3.70. The van der Waals surface area contributed by atoms with Gasteiger partial charge in [-0.2, -0.15) is 5.10 Å². The molecule has 1 aromatic heterocycles. The van der Waals surface area contributed by atoms with Gasteiger partial charge in [0.25, 0.3) is 5.91 Å². The summed E-state index contributed by atoms with van der Waals surface area (Å²) in [6.45, 7) is 4.72. The van der Waals surface area contributed by atoms with Gasteiger partial charge >= 0.3 is 0 Å². The Morgan fingerprint density at radius 3 is 2.75 bits per heavy atom. The van der Waals surface area contributed by atoms with Crippen molar-refractivity contribution in [1.29, 1.82) is 0 Å². The molecule has 1 saturated heterocycles. The van der Waals surface area contributed by atoms with Gasteiger partial charge in [-0.15, -0.1) is 0 Å². The second-order valence-electron chi connectivity index (χ2n) is 6.78. The van der Waals surface area contributed by atoms with Crippen LogP contribution in [0.3, 0.4) is 0 Å². The Bertz CT molecular complexity index is 604. The van der Waals surface area contributed by atoms with Crippen LogP contribution in [-0.2, 0) is 4.79 Å². The number of hydrogen-bond donors (Lipinski definition) is 1. The smallest absolute Gasteiger partial charge is 0.274 e. The summed E-state index contributed by atoms with van der Waals surface area (Å²) in [4.78, 5) is 26.0. The topological polar surface area (TPSA) is 67.2 Å². The number of aromatic nitrogens is 2. The van der Waals surface area contributed by atoms with E-state index in [-0.39, 0.29) is 17.9 Å². The highest BCUT2D eigenvalue weighted by molar-refractivity contribution is 5.92. The van der Waals surface area contributed by atoms with Gasteiger partial charge in [0.2, 0.25) is 5.91 Å². The number of amides is 2. The molecule has 1 saturated carbocycles. The number of hydrogen-bond acceptors (Lipinski definition) is 3. The SMILES string of the molecule is C=CC(=O)N[C@@H]1CCCN(C(=O)c2ccn(C3CCCCC3)n2)C1. The molecule has 0 radical (unpaired) electrons. The highest BCUT2D eigenvalue weighted by atomic mass is 16.2. The molecule has 2 fully saturated rings. The van der Waals surface area contributed by atoms with Crippen molar-refractivity contribution in [2.24, 2.45) is 0 Å². The van der Waals surface area contributed by atoms with Crippen LogP contribution < -0.4 is 5.32 Å².